The first kappa shape index (κ1) is 34.4. The van der Waals surface area contributed by atoms with Crippen LogP contribution in [-0.2, 0) is 25.5 Å². The van der Waals surface area contributed by atoms with E-state index in [4.69, 9.17) is 9.47 Å². The van der Waals surface area contributed by atoms with E-state index in [1.54, 1.807) is 27.7 Å². The van der Waals surface area contributed by atoms with Crippen LogP contribution in [-0.4, -0.2) is 81.3 Å². The molecule has 0 spiro atoms. The summed E-state index contributed by atoms with van der Waals surface area (Å²) in [5.74, 6) is -3.30. The second-order valence-electron chi connectivity index (χ2n) is 12.3. The number of aliphatic hydroxyl groups is 4. The van der Waals surface area contributed by atoms with Gasteiger partial charge >= 0.3 is 0 Å². The fourth-order valence-corrected chi connectivity index (χ4v) is 8.12. The number of ether oxygens (including phenoxy) is 2. The number of hydrogen-bond acceptors (Lipinski definition) is 8. The van der Waals surface area contributed by atoms with Crippen molar-refractivity contribution in [2.24, 2.45) is 22.7 Å². The Kier molecular flexibility index (Phi) is 10.4. The van der Waals surface area contributed by atoms with Crippen LogP contribution >= 0.6 is 0 Å². The van der Waals surface area contributed by atoms with Crippen molar-refractivity contribution in [1.29, 1.82) is 0 Å². The van der Waals surface area contributed by atoms with Crippen molar-refractivity contribution in [2.45, 2.75) is 82.6 Å². The summed E-state index contributed by atoms with van der Waals surface area (Å²) in [6.07, 6.45) is -4.27. The van der Waals surface area contributed by atoms with Gasteiger partial charge in [0.25, 0.3) is 0 Å². The molecule has 0 amide bonds. The average Bonchev–Trinajstić information content (AvgIpc) is 2.83. The minimum absolute atomic E-state index is 0. The topological polar surface area (TPSA) is 134 Å². The molecule has 208 valence electrons. The number of rotatable bonds is 4. The molecule has 2 radical (unpaired) electrons. The van der Waals surface area contributed by atoms with E-state index in [0.717, 1.165) is 5.56 Å². The van der Waals surface area contributed by atoms with Gasteiger partial charge in [-0.25, -0.2) is 0 Å². The predicted molar refractivity (Wildman–Crippen MR) is 133 cm³/mol. The van der Waals surface area contributed by atoms with Crippen molar-refractivity contribution in [1.82, 2.24) is 0 Å². The van der Waals surface area contributed by atoms with Crippen LogP contribution in [0.1, 0.15) is 46.1 Å². The molecule has 3 fully saturated rings. The Hall–Kier alpha value is 0.943. The van der Waals surface area contributed by atoms with Crippen molar-refractivity contribution >= 4 is 11.6 Å². The van der Waals surface area contributed by atoms with E-state index in [1.807, 2.05) is 30.3 Å². The average molecular weight is 969 g/mol. The van der Waals surface area contributed by atoms with Crippen molar-refractivity contribution in [3.63, 3.8) is 0 Å². The van der Waals surface area contributed by atoms with Crippen LogP contribution in [0, 0.1) is 111 Å². The molecule has 1 aromatic rings. The maximum atomic E-state index is 14.4. The van der Waals surface area contributed by atoms with Crippen LogP contribution in [0.4, 0.5) is 0 Å². The number of carbonyl (C=O) groups excluding carboxylic acids is 2. The summed E-state index contributed by atoms with van der Waals surface area (Å²) >= 11 is 0. The molecule has 1 aromatic carbocycles. The SMILES string of the molecule is COC1CC2OCC2(O)C2C(C(=O)Cc3ccccc3)C3(O)CC(O)C(C)=C(C(O)C(=O)[C@]12C)C3(C)C.[Ac].[Ac]. The standard InChI is InChI=1S/C29H38O8.2Ac/c1-15-18(31)13-29(35)22(17(30)11-16-9-7-6-8-10-16)24-27(4,25(33)23(32)21(15)26(29,2)3)19(36-5)12-20-28(24,34)14-37-20;;/h6-10,18-20,22-24,31-32,34-35H,11-14H2,1-5H3;;/t18?,19?,20?,22?,23?,24?,27-,28?,29?;;/m1../s1. The van der Waals surface area contributed by atoms with Crippen LogP contribution in [0.2, 0.25) is 0 Å². The number of fused-ring (bicyclic) bond motifs is 5. The molecule has 5 rings (SSSR count). The Bertz CT molecular complexity index is 1160. The Morgan fingerprint density at radius 3 is 2.26 bits per heavy atom. The number of carbonyl (C=O) groups is 2. The monoisotopic (exact) mass is 968 g/mol. The Morgan fingerprint density at radius 1 is 1.10 bits per heavy atom. The summed E-state index contributed by atoms with van der Waals surface area (Å²) < 4.78 is 11.5. The van der Waals surface area contributed by atoms with Gasteiger partial charge in [0.1, 0.15) is 17.5 Å². The Labute approximate surface area is 301 Å². The van der Waals surface area contributed by atoms with E-state index < -0.39 is 64.1 Å². The number of hydrogen-bond donors (Lipinski definition) is 4. The molecule has 2 bridgehead atoms. The zero-order valence-electron chi connectivity index (χ0n) is 23.3. The quantitative estimate of drug-likeness (QED) is 0.333. The minimum Gasteiger partial charge on any atom is -0.389 e. The van der Waals surface area contributed by atoms with Gasteiger partial charge < -0.3 is 29.9 Å². The van der Waals surface area contributed by atoms with Crippen molar-refractivity contribution < 1.29 is 128 Å². The molecule has 1 heterocycles. The van der Waals surface area contributed by atoms with E-state index in [1.165, 1.54) is 7.11 Å². The van der Waals surface area contributed by atoms with E-state index in [2.05, 4.69) is 0 Å². The summed E-state index contributed by atoms with van der Waals surface area (Å²) in [4.78, 5) is 28.7. The first-order valence-electron chi connectivity index (χ1n) is 13.0. The summed E-state index contributed by atoms with van der Waals surface area (Å²) in [6, 6.07) is 9.13. The summed E-state index contributed by atoms with van der Waals surface area (Å²) in [5.41, 5.74) is -4.88. The molecular formula is C29H38Ac2O8. The van der Waals surface area contributed by atoms with Gasteiger partial charge in [0, 0.05) is 126 Å². The van der Waals surface area contributed by atoms with Crippen molar-refractivity contribution in [2.75, 3.05) is 13.7 Å². The maximum Gasteiger partial charge on any atom is 0.174 e. The molecule has 4 N–H and O–H groups in total. The van der Waals surface area contributed by atoms with Crippen molar-refractivity contribution in [3.8, 4) is 0 Å². The molecular weight excluding hydrogens is 930 g/mol. The Balaban J connectivity index is 0.00000210. The summed E-state index contributed by atoms with van der Waals surface area (Å²) in [7, 11) is 1.46. The molecule has 0 aromatic heterocycles. The molecule has 3 aliphatic carbocycles. The van der Waals surface area contributed by atoms with Crippen LogP contribution < -0.4 is 0 Å². The van der Waals surface area contributed by atoms with E-state index in [-0.39, 0.29) is 125 Å². The van der Waals surface area contributed by atoms with Gasteiger partial charge in [0.15, 0.2) is 5.78 Å². The number of aliphatic hydroxyl groups excluding tert-OH is 2. The van der Waals surface area contributed by atoms with E-state index in [0.29, 0.717) is 5.57 Å². The van der Waals surface area contributed by atoms with Gasteiger partial charge in [0.2, 0.25) is 0 Å². The fraction of sp³-hybridized carbons (Fsp3) is 0.655. The maximum absolute atomic E-state index is 14.4. The van der Waals surface area contributed by atoms with Crippen LogP contribution in [0.3, 0.4) is 0 Å². The van der Waals surface area contributed by atoms with E-state index >= 15 is 0 Å². The minimum atomic E-state index is -1.88. The fourth-order valence-electron chi connectivity index (χ4n) is 8.12. The third kappa shape index (κ3) is 4.83. The first-order valence-corrected chi connectivity index (χ1v) is 13.0. The smallest absolute Gasteiger partial charge is 0.174 e. The van der Waals surface area contributed by atoms with E-state index in [9.17, 15) is 30.0 Å². The number of methoxy groups -OCH3 is 1. The van der Waals surface area contributed by atoms with Gasteiger partial charge in [-0.3, -0.25) is 9.59 Å². The number of benzene rings is 1. The number of Topliss-reactive ketones (excluding diaryl/α,β-unsaturated/α-hetero) is 2. The molecule has 8 nitrogen and oxygen atoms in total. The molecule has 10 heteroatoms. The second kappa shape index (κ2) is 11.8. The van der Waals surface area contributed by atoms with Crippen LogP contribution in [0.5, 0.6) is 0 Å². The Morgan fingerprint density at radius 2 is 1.72 bits per heavy atom. The van der Waals surface area contributed by atoms with Gasteiger partial charge in [0.05, 0.1) is 41.9 Å². The molecule has 2 saturated carbocycles. The van der Waals surface area contributed by atoms with Gasteiger partial charge in [-0.1, -0.05) is 44.2 Å². The first-order chi connectivity index (χ1) is 17.2. The summed E-state index contributed by atoms with van der Waals surface area (Å²) in [6.45, 7) is 6.59. The third-order valence-corrected chi connectivity index (χ3v) is 10.3. The molecule has 1 aliphatic heterocycles. The molecule has 4 aliphatic rings. The van der Waals surface area contributed by atoms with Crippen LogP contribution in [0.25, 0.3) is 0 Å². The largest absolute Gasteiger partial charge is 0.389 e. The predicted octanol–water partition coefficient (Wildman–Crippen LogP) is 1.37. The number of ketones is 2. The molecule has 9 atom stereocenters. The molecule has 8 unspecified atom stereocenters. The second-order valence-corrected chi connectivity index (χ2v) is 12.3. The normalized spacial score (nSPS) is 42.4. The molecule has 1 saturated heterocycles. The summed E-state index contributed by atoms with van der Waals surface area (Å²) in [5, 5.41) is 47.4. The molecule has 39 heavy (non-hydrogen) atoms. The zero-order valence-corrected chi connectivity index (χ0v) is 32.7. The van der Waals surface area contributed by atoms with Crippen molar-refractivity contribution in [3.05, 3.63) is 47.0 Å². The van der Waals surface area contributed by atoms with Crippen LogP contribution in [0.15, 0.2) is 41.5 Å². The van der Waals surface area contributed by atoms with Gasteiger partial charge in [-0.2, -0.15) is 0 Å². The zero-order chi connectivity index (χ0) is 27.1. The van der Waals surface area contributed by atoms with Gasteiger partial charge in [-0.15, -0.1) is 0 Å². The third-order valence-electron chi connectivity index (χ3n) is 10.3. The van der Waals surface area contributed by atoms with Gasteiger partial charge in [-0.05, 0) is 30.6 Å².